The smallest absolute Gasteiger partial charge is 0.328 e. The second kappa shape index (κ2) is 6.43. The number of aromatic nitrogens is 2. The highest BCUT2D eigenvalue weighted by Crippen LogP contribution is 2.25. The Kier molecular flexibility index (Phi) is 4.62. The van der Waals surface area contributed by atoms with Gasteiger partial charge in [0.1, 0.15) is 5.65 Å². The Bertz CT molecular complexity index is 657. The molecular weight excluding hydrogens is 266 g/mol. The zero-order valence-corrected chi connectivity index (χ0v) is 12.7. The molecule has 0 saturated carbocycles. The third-order valence-electron chi connectivity index (χ3n) is 3.76. The highest BCUT2D eigenvalue weighted by Gasteiger charge is 2.18. The maximum absolute atomic E-state index is 10.8. The van der Waals surface area contributed by atoms with Crippen LogP contribution in [-0.4, -0.2) is 33.6 Å². The summed E-state index contributed by atoms with van der Waals surface area (Å²) in [5.41, 5.74) is 1.61. The zero-order valence-electron chi connectivity index (χ0n) is 12.7. The van der Waals surface area contributed by atoms with Gasteiger partial charge in [0, 0.05) is 25.4 Å². The van der Waals surface area contributed by atoms with Gasteiger partial charge in [-0.2, -0.15) is 0 Å². The van der Waals surface area contributed by atoms with Gasteiger partial charge in [0.2, 0.25) is 0 Å². The van der Waals surface area contributed by atoms with Gasteiger partial charge >= 0.3 is 5.97 Å². The first-order valence-corrected chi connectivity index (χ1v) is 7.19. The van der Waals surface area contributed by atoms with Gasteiger partial charge in [-0.25, -0.2) is 9.78 Å². The van der Waals surface area contributed by atoms with Crippen molar-refractivity contribution in [3.63, 3.8) is 0 Å². The number of carboxylic acids is 1. The number of carbonyl (C=O) groups is 1. The van der Waals surface area contributed by atoms with Crippen molar-refractivity contribution in [2.24, 2.45) is 0 Å². The lowest BCUT2D eigenvalue weighted by molar-refractivity contribution is -0.131. The molecule has 0 saturated heterocycles. The van der Waals surface area contributed by atoms with Gasteiger partial charge in [-0.05, 0) is 31.1 Å². The van der Waals surface area contributed by atoms with Crippen LogP contribution in [0.3, 0.4) is 0 Å². The topological polar surface area (TPSA) is 57.8 Å². The Labute approximate surface area is 124 Å². The van der Waals surface area contributed by atoms with Crippen LogP contribution in [0.4, 0.5) is 5.82 Å². The summed E-state index contributed by atoms with van der Waals surface area (Å²) >= 11 is 0. The molecular formula is C16H21N3O2. The monoisotopic (exact) mass is 287 g/mol. The van der Waals surface area contributed by atoms with Gasteiger partial charge in [0.25, 0.3) is 0 Å². The van der Waals surface area contributed by atoms with Gasteiger partial charge in [-0.1, -0.05) is 19.9 Å². The fourth-order valence-electron chi connectivity index (χ4n) is 2.58. The molecule has 0 fully saturated rings. The summed E-state index contributed by atoms with van der Waals surface area (Å²) < 4.78 is 1.91. The predicted molar refractivity (Wildman–Crippen MR) is 84.6 cm³/mol. The largest absolute Gasteiger partial charge is 0.478 e. The van der Waals surface area contributed by atoms with Gasteiger partial charge < -0.3 is 10.0 Å². The van der Waals surface area contributed by atoms with E-state index in [0.29, 0.717) is 6.04 Å². The third-order valence-corrected chi connectivity index (χ3v) is 3.76. The fraction of sp³-hybridized carbons (Fsp3) is 0.375. The SMILES string of the molecule is CCC(CC)N(C)c1nc2ccccn2c1/C=C/C(=O)O. The highest BCUT2D eigenvalue weighted by atomic mass is 16.4. The maximum Gasteiger partial charge on any atom is 0.328 e. The number of hydrogen-bond donors (Lipinski definition) is 1. The van der Waals surface area contributed by atoms with Crippen LogP contribution in [0.25, 0.3) is 11.7 Å². The van der Waals surface area contributed by atoms with E-state index >= 15 is 0 Å². The fourth-order valence-corrected chi connectivity index (χ4v) is 2.58. The summed E-state index contributed by atoms with van der Waals surface area (Å²) in [7, 11) is 2.01. The molecule has 0 radical (unpaired) electrons. The minimum Gasteiger partial charge on any atom is -0.478 e. The second-order valence-electron chi connectivity index (χ2n) is 5.00. The number of hydrogen-bond acceptors (Lipinski definition) is 3. The lowest BCUT2D eigenvalue weighted by Crippen LogP contribution is -2.31. The summed E-state index contributed by atoms with van der Waals surface area (Å²) in [5, 5.41) is 8.89. The normalized spacial score (nSPS) is 11.6. The molecule has 0 spiro atoms. The van der Waals surface area contributed by atoms with Crippen LogP contribution in [0.15, 0.2) is 30.5 Å². The molecule has 0 aliphatic carbocycles. The van der Waals surface area contributed by atoms with E-state index in [9.17, 15) is 4.79 Å². The van der Waals surface area contributed by atoms with Crippen molar-refractivity contribution in [3.8, 4) is 0 Å². The van der Waals surface area contributed by atoms with Crippen molar-refractivity contribution in [2.75, 3.05) is 11.9 Å². The van der Waals surface area contributed by atoms with Crippen LogP contribution >= 0.6 is 0 Å². The molecule has 5 heteroatoms. The summed E-state index contributed by atoms with van der Waals surface area (Å²) in [6.07, 6.45) is 6.69. The van der Waals surface area contributed by atoms with Crippen LogP contribution in [0.1, 0.15) is 32.4 Å². The van der Waals surface area contributed by atoms with Crippen LogP contribution in [0.2, 0.25) is 0 Å². The maximum atomic E-state index is 10.8. The molecule has 0 aliphatic heterocycles. The molecule has 0 amide bonds. The zero-order chi connectivity index (χ0) is 15.4. The number of rotatable bonds is 6. The summed E-state index contributed by atoms with van der Waals surface area (Å²) in [6, 6.07) is 6.14. The quantitative estimate of drug-likeness (QED) is 0.830. The minimum atomic E-state index is -0.961. The van der Waals surface area contributed by atoms with Crippen LogP contribution in [0, 0.1) is 0 Å². The number of pyridine rings is 1. The average molecular weight is 287 g/mol. The second-order valence-corrected chi connectivity index (χ2v) is 5.00. The average Bonchev–Trinajstić information content (AvgIpc) is 2.84. The number of imidazole rings is 1. The van der Waals surface area contributed by atoms with Crippen molar-refractivity contribution >= 4 is 23.5 Å². The van der Waals surface area contributed by atoms with Crippen molar-refractivity contribution in [1.29, 1.82) is 0 Å². The number of nitrogens with zero attached hydrogens (tertiary/aromatic N) is 3. The summed E-state index contributed by atoms with van der Waals surface area (Å²) in [4.78, 5) is 17.6. The van der Waals surface area contributed by atoms with Crippen molar-refractivity contribution in [1.82, 2.24) is 9.38 Å². The molecule has 2 aromatic rings. The minimum absolute atomic E-state index is 0.381. The van der Waals surface area contributed by atoms with Crippen LogP contribution in [0.5, 0.6) is 0 Å². The molecule has 5 nitrogen and oxygen atoms in total. The van der Waals surface area contributed by atoms with E-state index in [-0.39, 0.29) is 0 Å². The van der Waals surface area contributed by atoms with E-state index in [0.717, 1.165) is 36.1 Å². The van der Waals surface area contributed by atoms with E-state index < -0.39 is 5.97 Å². The first kappa shape index (κ1) is 15.1. The molecule has 2 heterocycles. The van der Waals surface area contributed by atoms with Gasteiger partial charge in [0.05, 0.1) is 5.69 Å². The molecule has 0 aromatic carbocycles. The van der Waals surface area contributed by atoms with Crippen LogP contribution < -0.4 is 4.90 Å². The Morgan fingerprint density at radius 3 is 2.76 bits per heavy atom. The Hall–Kier alpha value is -2.30. The number of aliphatic carboxylic acids is 1. The van der Waals surface area contributed by atoms with E-state index in [1.165, 1.54) is 0 Å². The van der Waals surface area contributed by atoms with Gasteiger partial charge in [0.15, 0.2) is 5.82 Å². The first-order chi connectivity index (χ1) is 10.1. The van der Waals surface area contributed by atoms with E-state index in [1.807, 2.05) is 35.8 Å². The molecule has 0 aliphatic rings. The number of fused-ring (bicyclic) bond motifs is 1. The molecule has 0 bridgehead atoms. The molecule has 112 valence electrons. The number of carboxylic acid groups (broad SMARTS) is 1. The lowest BCUT2D eigenvalue weighted by Gasteiger charge is -2.26. The van der Waals surface area contributed by atoms with Gasteiger partial charge in [-0.15, -0.1) is 0 Å². The van der Waals surface area contributed by atoms with Gasteiger partial charge in [-0.3, -0.25) is 4.40 Å². The Morgan fingerprint density at radius 2 is 2.14 bits per heavy atom. The molecule has 2 rings (SSSR count). The molecule has 21 heavy (non-hydrogen) atoms. The molecule has 2 aromatic heterocycles. The third kappa shape index (κ3) is 3.07. The van der Waals surface area contributed by atoms with E-state index in [2.05, 4.69) is 23.7 Å². The van der Waals surface area contributed by atoms with E-state index in [4.69, 9.17) is 5.11 Å². The summed E-state index contributed by atoms with van der Waals surface area (Å²) in [5.74, 6) is -0.149. The molecule has 1 N–H and O–H groups in total. The molecule has 0 unspecified atom stereocenters. The highest BCUT2D eigenvalue weighted by molar-refractivity contribution is 5.86. The lowest BCUT2D eigenvalue weighted by atomic mass is 10.1. The Balaban J connectivity index is 2.56. The van der Waals surface area contributed by atoms with E-state index in [1.54, 1.807) is 6.08 Å². The Morgan fingerprint density at radius 1 is 1.43 bits per heavy atom. The van der Waals surface area contributed by atoms with Crippen molar-refractivity contribution in [3.05, 3.63) is 36.2 Å². The number of anilines is 1. The standard InChI is InChI=1S/C16H21N3O2/c1-4-12(5-2)18(3)16-13(9-10-15(20)21)19-11-7-6-8-14(19)17-16/h6-12H,4-5H2,1-3H3,(H,20,21)/b10-9+. The van der Waals surface area contributed by atoms with Crippen molar-refractivity contribution in [2.45, 2.75) is 32.7 Å². The van der Waals surface area contributed by atoms with Crippen molar-refractivity contribution < 1.29 is 9.90 Å². The summed E-state index contributed by atoms with van der Waals surface area (Å²) in [6.45, 7) is 4.29. The molecule has 0 atom stereocenters. The predicted octanol–water partition coefficient (Wildman–Crippen LogP) is 3.06. The van der Waals surface area contributed by atoms with Crippen LogP contribution in [-0.2, 0) is 4.79 Å². The first-order valence-electron chi connectivity index (χ1n) is 7.19.